The molecule has 0 radical (unpaired) electrons. The van der Waals surface area contributed by atoms with E-state index in [4.69, 9.17) is 4.84 Å². The van der Waals surface area contributed by atoms with Gasteiger partial charge in [0.25, 0.3) is 0 Å². The second-order valence-corrected chi connectivity index (χ2v) is 8.55. The summed E-state index contributed by atoms with van der Waals surface area (Å²) in [5.74, 6) is -0.357. The van der Waals surface area contributed by atoms with E-state index in [1.807, 2.05) is 24.3 Å². The van der Waals surface area contributed by atoms with E-state index in [0.717, 1.165) is 31.4 Å². The molecule has 2 rings (SSSR count). The van der Waals surface area contributed by atoms with Crippen molar-refractivity contribution in [3.8, 4) is 0 Å². The number of carbonyl (C=O) groups excluding carboxylic acids is 1. The topological polar surface area (TPSA) is 38.7 Å². The van der Waals surface area contributed by atoms with E-state index in [2.05, 4.69) is 25.9 Å². The van der Waals surface area contributed by atoms with Gasteiger partial charge in [0.2, 0.25) is 0 Å². The molecule has 0 bridgehead atoms. The quantitative estimate of drug-likeness (QED) is 0.431. The Morgan fingerprint density at radius 3 is 1.73 bits per heavy atom. The van der Waals surface area contributed by atoms with Crippen molar-refractivity contribution in [2.24, 2.45) is 5.16 Å². The third-order valence-corrected chi connectivity index (χ3v) is 5.17. The van der Waals surface area contributed by atoms with E-state index in [9.17, 15) is 4.79 Å². The summed E-state index contributed by atoms with van der Waals surface area (Å²) < 4.78 is 0. The molecule has 0 amide bonds. The Labute approximate surface area is 159 Å². The zero-order valence-electron chi connectivity index (χ0n) is 16.9. The van der Waals surface area contributed by atoms with Gasteiger partial charge in [0.05, 0.1) is 11.3 Å². The van der Waals surface area contributed by atoms with E-state index in [1.54, 1.807) is 0 Å². The van der Waals surface area contributed by atoms with Gasteiger partial charge in [0.1, 0.15) is 0 Å². The highest BCUT2D eigenvalue weighted by atomic mass is 16.7. The van der Waals surface area contributed by atoms with Crippen molar-refractivity contribution < 1.29 is 9.63 Å². The highest BCUT2D eigenvalue weighted by molar-refractivity contribution is 5.91. The van der Waals surface area contributed by atoms with Gasteiger partial charge >= 0.3 is 5.97 Å². The molecule has 1 aliphatic carbocycles. The van der Waals surface area contributed by atoms with Crippen LogP contribution in [0.2, 0.25) is 0 Å². The molecule has 0 saturated heterocycles. The monoisotopic (exact) mass is 357 g/mol. The minimum absolute atomic E-state index is 0.0797. The SMILES string of the molecule is CC(C)(C)c1ccc(C(=O)ON=C2CCCCCCCCCCC2)cc1. The Hall–Kier alpha value is -1.64. The van der Waals surface area contributed by atoms with Crippen molar-refractivity contribution in [2.75, 3.05) is 0 Å². The lowest BCUT2D eigenvalue weighted by Gasteiger charge is -2.18. The summed E-state index contributed by atoms with van der Waals surface area (Å²) in [6.07, 6.45) is 13.4. The summed E-state index contributed by atoms with van der Waals surface area (Å²) in [5.41, 5.74) is 2.90. The van der Waals surface area contributed by atoms with Crippen molar-refractivity contribution in [1.82, 2.24) is 0 Å². The molecule has 1 fully saturated rings. The first-order valence-corrected chi connectivity index (χ1v) is 10.3. The maximum absolute atomic E-state index is 12.3. The minimum atomic E-state index is -0.357. The second kappa shape index (κ2) is 10.5. The largest absolute Gasteiger partial charge is 0.365 e. The van der Waals surface area contributed by atoms with Crippen LogP contribution in [0.1, 0.15) is 107 Å². The molecular weight excluding hydrogens is 322 g/mol. The predicted molar refractivity (Wildman–Crippen MR) is 109 cm³/mol. The molecule has 0 atom stereocenters. The molecule has 0 heterocycles. The van der Waals surface area contributed by atoms with Crippen LogP contribution in [0.3, 0.4) is 0 Å². The Morgan fingerprint density at radius 1 is 0.808 bits per heavy atom. The first-order chi connectivity index (χ1) is 12.5. The molecule has 0 unspecified atom stereocenters. The van der Waals surface area contributed by atoms with Gasteiger partial charge in [0, 0.05) is 0 Å². The highest BCUT2D eigenvalue weighted by Gasteiger charge is 2.15. The Morgan fingerprint density at radius 2 is 1.27 bits per heavy atom. The standard InChI is InChI=1S/C23H35NO2/c1-23(2,3)20-17-15-19(16-18-20)22(25)26-24-21-13-11-9-7-5-4-6-8-10-12-14-21/h15-18H,4-14H2,1-3H3. The second-order valence-electron chi connectivity index (χ2n) is 8.55. The molecule has 26 heavy (non-hydrogen) atoms. The molecule has 0 aliphatic heterocycles. The first kappa shape index (κ1) is 20.7. The average molecular weight is 358 g/mol. The highest BCUT2D eigenvalue weighted by Crippen LogP contribution is 2.22. The Kier molecular flexibility index (Phi) is 8.34. The lowest BCUT2D eigenvalue weighted by atomic mass is 9.87. The third kappa shape index (κ3) is 7.31. The molecule has 1 aliphatic rings. The lowest BCUT2D eigenvalue weighted by Crippen LogP contribution is -2.11. The van der Waals surface area contributed by atoms with Crippen LogP contribution in [0.5, 0.6) is 0 Å². The number of benzene rings is 1. The number of oxime groups is 1. The maximum Gasteiger partial charge on any atom is 0.365 e. The fraction of sp³-hybridized carbons (Fsp3) is 0.652. The van der Waals surface area contributed by atoms with Gasteiger partial charge in [-0.05, 0) is 48.8 Å². The van der Waals surface area contributed by atoms with E-state index < -0.39 is 0 Å². The first-order valence-electron chi connectivity index (χ1n) is 10.3. The maximum atomic E-state index is 12.3. The average Bonchev–Trinajstić information content (AvgIpc) is 2.60. The van der Waals surface area contributed by atoms with Gasteiger partial charge in [0.15, 0.2) is 0 Å². The summed E-state index contributed by atoms with van der Waals surface area (Å²) in [6.45, 7) is 6.49. The number of hydrogen-bond donors (Lipinski definition) is 0. The molecule has 144 valence electrons. The lowest BCUT2D eigenvalue weighted by molar-refractivity contribution is 0.0514. The van der Waals surface area contributed by atoms with E-state index in [1.165, 1.54) is 50.5 Å². The predicted octanol–water partition coefficient (Wildman–Crippen LogP) is 6.80. The Balaban J connectivity index is 1.92. The van der Waals surface area contributed by atoms with Gasteiger partial charge in [-0.25, -0.2) is 4.79 Å². The normalized spacial score (nSPS) is 17.7. The Bertz CT molecular complexity index is 567. The number of rotatable bonds is 2. The van der Waals surface area contributed by atoms with Crippen LogP contribution in [0, 0.1) is 0 Å². The summed E-state index contributed by atoms with van der Waals surface area (Å²) >= 11 is 0. The van der Waals surface area contributed by atoms with Crippen molar-refractivity contribution >= 4 is 11.7 Å². The molecule has 0 N–H and O–H groups in total. The van der Waals surface area contributed by atoms with E-state index in [-0.39, 0.29) is 11.4 Å². The van der Waals surface area contributed by atoms with E-state index >= 15 is 0 Å². The number of hydrogen-bond acceptors (Lipinski definition) is 3. The molecule has 1 saturated carbocycles. The fourth-order valence-corrected chi connectivity index (χ4v) is 3.38. The zero-order valence-corrected chi connectivity index (χ0v) is 16.9. The molecule has 0 aromatic heterocycles. The molecule has 1 aromatic rings. The van der Waals surface area contributed by atoms with Gasteiger partial charge in [-0.3, -0.25) is 0 Å². The van der Waals surface area contributed by atoms with Gasteiger partial charge in [-0.1, -0.05) is 83.0 Å². The summed E-state index contributed by atoms with van der Waals surface area (Å²) in [5, 5.41) is 4.23. The van der Waals surface area contributed by atoms with Crippen molar-refractivity contribution in [3.05, 3.63) is 35.4 Å². The molecule has 1 aromatic carbocycles. The molecule has 3 heteroatoms. The molecular formula is C23H35NO2. The number of carbonyl (C=O) groups is 1. The van der Waals surface area contributed by atoms with Crippen LogP contribution in [-0.4, -0.2) is 11.7 Å². The summed E-state index contributed by atoms with van der Waals surface area (Å²) in [6, 6.07) is 7.67. The van der Waals surface area contributed by atoms with Crippen molar-refractivity contribution in [1.29, 1.82) is 0 Å². The fourth-order valence-electron chi connectivity index (χ4n) is 3.38. The van der Waals surface area contributed by atoms with Crippen LogP contribution in [-0.2, 0) is 10.3 Å². The van der Waals surface area contributed by atoms with Crippen LogP contribution in [0.15, 0.2) is 29.4 Å². The van der Waals surface area contributed by atoms with Gasteiger partial charge in [-0.15, -0.1) is 0 Å². The number of nitrogens with zero attached hydrogens (tertiary/aromatic N) is 1. The summed E-state index contributed by atoms with van der Waals surface area (Å²) in [4.78, 5) is 17.6. The van der Waals surface area contributed by atoms with Crippen LogP contribution >= 0.6 is 0 Å². The van der Waals surface area contributed by atoms with Gasteiger partial charge in [-0.2, -0.15) is 0 Å². The van der Waals surface area contributed by atoms with E-state index in [0.29, 0.717) is 5.56 Å². The van der Waals surface area contributed by atoms with Crippen molar-refractivity contribution in [2.45, 2.75) is 96.8 Å². The van der Waals surface area contributed by atoms with Crippen LogP contribution in [0.25, 0.3) is 0 Å². The van der Waals surface area contributed by atoms with Crippen LogP contribution in [0.4, 0.5) is 0 Å². The zero-order chi connectivity index (χ0) is 18.8. The molecule has 3 nitrogen and oxygen atoms in total. The van der Waals surface area contributed by atoms with Crippen molar-refractivity contribution in [3.63, 3.8) is 0 Å². The smallest absolute Gasteiger partial charge is 0.313 e. The summed E-state index contributed by atoms with van der Waals surface area (Å²) in [7, 11) is 0. The third-order valence-electron chi connectivity index (χ3n) is 5.17. The molecule has 0 spiro atoms. The van der Waals surface area contributed by atoms with Crippen LogP contribution < -0.4 is 0 Å². The minimum Gasteiger partial charge on any atom is -0.313 e. The van der Waals surface area contributed by atoms with Gasteiger partial charge < -0.3 is 4.84 Å².